The number of hydrogen-bond acceptors (Lipinski definition) is 0. The first-order valence-corrected chi connectivity index (χ1v) is 10.8. The van der Waals surface area contributed by atoms with Crippen LogP contribution >= 0.6 is 0 Å². The first-order valence-electron chi connectivity index (χ1n) is 10.8. The normalized spacial score (nSPS) is 16.4. The lowest BCUT2D eigenvalue weighted by atomic mass is 9.85. The van der Waals surface area contributed by atoms with E-state index in [1.165, 1.54) is 19.1 Å². The van der Waals surface area contributed by atoms with Crippen LogP contribution in [0.25, 0.3) is 27.8 Å². The molecule has 0 amide bonds. The van der Waals surface area contributed by atoms with Gasteiger partial charge in [-0.05, 0) is 61.3 Å². The van der Waals surface area contributed by atoms with Crippen molar-refractivity contribution < 1.29 is 17.6 Å². The number of allylic oxidation sites excluding steroid dienone is 4. The summed E-state index contributed by atoms with van der Waals surface area (Å²) in [6.07, 6.45) is 8.60. The summed E-state index contributed by atoms with van der Waals surface area (Å²) in [5.41, 5.74) is 2.56. The van der Waals surface area contributed by atoms with Gasteiger partial charge in [0.15, 0.2) is 23.3 Å². The van der Waals surface area contributed by atoms with Gasteiger partial charge >= 0.3 is 0 Å². The smallest absolute Gasteiger partial charge is 0.167 e. The minimum absolute atomic E-state index is 0.127. The van der Waals surface area contributed by atoms with Gasteiger partial charge in [0.1, 0.15) is 0 Å². The summed E-state index contributed by atoms with van der Waals surface area (Å²) in [5, 5.41) is 0. The fraction of sp³-hybridized carbons (Fsp3) is 0.214. The fourth-order valence-corrected chi connectivity index (χ4v) is 4.26. The third-order valence-electron chi connectivity index (χ3n) is 6.13. The molecule has 0 saturated heterocycles. The molecule has 0 aromatic heterocycles. The zero-order valence-electron chi connectivity index (χ0n) is 18.1. The van der Waals surface area contributed by atoms with E-state index in [1.807, 2.05) is 19.1 Å². The van der Waals surface area contributed by atoms with Crippen molar-refractivity contribution in [2.75, 3.05) is 0 Å². The van der Waals surface area contributed by atoms with Crippen LogP contribution in [0.3, 0.4) is 0 Å². The van der Waals surface area contributed by atoms with Crippen molar-refractivity contribution in [3.63, 3.8) is 0 Å². The quantitative estimate of drug-likeness (QED) is 0.284. The first kappa shape index (κ1) is 22.1. The summed E-state index contributed by atoms with van der Waals surface area (Å²) in [4.78, 5) is 0. The zero-order chi connectivity index (χ0) is 22.8. The van der Waals surface area contributed by atoms with E-state index >= 15 is 0 Å². The summed E-state index contributed by atoms with van der Waals surface area (Å²) in [5.74, 6) is -3.12. The highest BCUT2D eigenvalue weighted by atomic mass is 19.2. The molecule has 3 aromatic rings. The SMILES string of the molecule is C/C=C/C1CC=C(c2ccc(-c3ccc(-c4ccc(C)c(F)c4F)cc3)c(F)c2F)CC1. The van der Waals surface area contributed by atoms with Crippen LogP contribution < -0.4 is 0 Å². The van der Waals surface area contributed by atoms with Crippen LogP contribution in [-0.4, -0.2) is 0 Å². The molecule has 1 atom stereocenters. The molecule has 32 heavy (non-hydrogen) atoms. The van der Waals surface area contributed by atoms with E-state index in [-0.39, 0.29) is 16.7 Å². The molecule has 164 valence electrons. The lowest BCUT2D eigenvalue weighted by Gasteiger charge is -2.20. The van der Waals surface area contributed by atoms with Crippen molar-refractivity contribution in [3.8, 4) is 22.3 Å². The van der Waals surface area contributed by atoms with Gasteiger partial charge in [-0.15, -0.1) is 0 Å². The average molecular weight is 436 g/mol. The topological polar surface area (TPSA) is 0 Å². The van der Waals surface area contributed by atoms with Gasteiger partial charge in [0.2, 0.25) is 0 Å². The maximum atomic E-state index is 15.0. The van der Waals surface area contributed by atoms with Gasteiger partial charge in [0, 0.05) is 16.7 Å². The van der Waals surface area contributed by atoms with Crippen LogP contribution in [0.1, 0.15) is 37.3 Å². The van der Waals surface area contributed by atoms with Crippen molar-refractivity contribution >= 4 is 5.57 Å². The van der Waals surface area contributed by atoms with Gasteiger partial charge in [-0.2, -0.15) is 0 Å². The molecule has 0 heterocycles. The van der Waals surface area contributed by atoms with Gasteiger partial charge in [-0.1, -0.05) is 66.8 Å². The molecule has 3 aromatic carbocycles. The Morgan fingerprint density at radius 3 is 1.81 bits per heavy atom. The molecule has 0 bridgehead atoms. The molecule has 0 spiro atoms. The van der Waals surface area contributed by atoms with Crippen molar-refractivity contribution in [2.24, 2.45) is 5.92 Å². The van der Waals surface area contributed by atoms with Gasteiger partial charge < -0.3 is 0 Å². The highest BCUT2D eigenvalue weighted by molar-refractivity contribution is 5.74. The molecule has 1 aliphatic rings. The van der Waals surface area contributed by atoms with Gasteiger partial charge in [-0.25, -0.2) is 17.6 Å². The predicted molar refractivity (Wildman–Crippen MR) is 122 cm³/mol. The summed E-state index contributed by atoms with van der Waals surface area (Å²) in [6, 6.07) is 12.6. The molecule has 0 saturated carbocycles. The molecule has 0 N–H and O–H groups in total. The number of hydrogen-bond donors (Lipinski definition) is 0. The van der Waals surface area contributed by atoms with Crippen LogP contribution in [0.4, 0.5) is 17.6 Å². The van der Waals surface area contributed by atoms with Crippen molar-refractivity contribution in [2.45, 2.75) is 33.1 Å². The van der Waals surface area contributed by atoms with E-state index in [1.54, 1.807) is 36.4 Å². The minimum Gasteiger partial charge on any atom is -0.203 e. The number of rotatable bonds is 4. The Bertz CT molecular complexity index is 1200. The van der Waals surface area contributed by atoms with Crippen LogP contribution in [0.15, 0.2) is 66.8 Å². The highest BCUT2D eigenvalue weighted by Crippen LogP contribution is 2.36. The molecule has 0 radical (unpaired) electrons. The predicted octanol–water partition coefficient (Wildman–Crippen LogP) is 8.65. The van der Waals surface area contributed by atoms with Crippen LogP contribution in [-0.2, 0) is 0 Å². The molecule has 0 aliphatic heterocycles. The standard InChI is InChI=1S/C28H24F4/c1-3-4-18-6-8-19(9-7-18)23-15-16-24(28(32)27(23)31)21-12-10-20(11-13-21)22-14-5-17(2)25(29)26(22)30/h3-5,8,10-16,18H,6-7,9H2,1-2H3/b4-3+. The van der Waals surface area contributed by atoms with E-state index in [9.17, 15) is 17.6 Å². The summed E-state index contributed by atoms with van der Waals surface area (Å²) < 4.78 is 58.1. The molecular formula is C28H24F4. The Balaban J connectivity index is 1.63. The van der Waals surface area contributed by atoms with Crippen LogP contribution in [0, 0.1) is 36.1 Å². The molecule has 1 aliphatic carbocycles. The van der Waals surface area contributed by atoms with Crippen LogP contribution in [0.2, 0.25) is 0 Å². The Kier molecular flexibility index (Phi) is 6.31. The van der Waals surface area contributed by atoms with E-state index in [4.69, 9.17) is 0 Å². The van der Waals surface area contributed by atoms with E-state index in [2.05, 4.69) is 6.08 Å². The Labute approximate surface area is 185 Å². The number of halogens is 4. The van der Waals surface area contributed by atoms with Crippen molar-refractivity contribution in [1.82, 2.24) is 0 Å². The maximum absolute atomic E-state index is 15.0. The zero-order valence-corrected chi connectivity index (χ0v) is 18.1. The fourth-order valence-electron chi connectivity index (χ4n) is 4.26. The largest absolute Gasteiger partial charge is 0.203 e. The molecule has 4 heteroatoms. The lowest BCUT2D eigenvalue weighted by Crippen LogP contribution is -2.05. The van der Waals surface area contributed by atoms with E-state index < -0.39 is 23.3 Å². The molecule has 0 nitrogen and oxygen atoms in total. The van der Waals surface area contributed by atoms with E-state index in [0.717, 1.165) is 18.4 Å². The molecule has 4 rings (SSSR count). The lowest BCUT2D eigenvalue weighted by molar-refractivity contribution is 0.505. The van der Waals surface area contributed by atoms with Gasteiger partial charge in [0.25, 0.3) is 0 Å². The Morgan fingerprint density at radius 1 is 0.719 bits per heavy atom. The number of aryl methyl sites for hydroxylation is 1. The second kappa shape index (κ2) is 9.15. The first-order chi connectivity index (χ1) is 15.4. The molecule has 1 unspecified atom stereocenters. The maximum Gasteiger partial charge on any atom is 0.167 e. The minimum atomic E-state index is -0.920. The Morgan fingerprint density at radius 2 is 1.25 bits per heavy atom. The number of benzene rings is 3. The van der Waals surface area contributed by atoms with Gasteiger partial charge in [0.05, 0.1) is 0 Å². The second-order valence-corrected chi connectivity index (χ2v) is 8.21. The van der Waals surface area contributed by atoms with Gasteiger partial charge in [-0.3, -0.25) is 0 Å². The monoisotopic (exact) mass is 436 g/mol. The average Bonchev–Trinajstić information content (AvgIpc) is 2.81. The summed E-state index contributed by atoms with van der Waals surface area (Å²) in [6.45, 7) is 3.48. The van der Waals surface area contributed by atoms with Crippen molar-refractivity contribution in [3.05, 3.63) is 101 Å². The highest BCUT2D eigenvalue weighted by Gasteiger charge is 2.20. The van der Waals surface area contributed by atoms with Crippen molar-refractivity contribution in [1.29, 1.82) is 0 Å². The third-order valence-corrected chi connectivity index (χ3v) is 6.13. The summed E-state index contributed by atoms with van der Waals surface area (Å²) >= 11 is 0. The summed E-state index contributed by atoms with van der Waals surface area (Å²) in [7, 11) is 0. The molecular weight excluding hydrogens is 412 g/mol. The van der Waals surface area contributed by atoms with E-state index in [0.29, 0.717) is 29.0 Å². The second-order valence-electron chi connectivity index (χ2n) is 8.21. The Hall–Kier alpha value is -3.14. The molecule has 0 fully saturated rings. The third kappa shape index (κ3) is 4.14. The van der Waals surface area contributed by atoms with Crippen LogP contribution in [0.5, 0.6) is 0 Å².